The smallest absolute Gasteiger partial charge is 0.279 e. The number of nitrogens with one attached hydrogen (secondary N) is 2. The molecule has 0 radical (unpaired) electrons. The normalized spacial score (nSPS) is 17.7. The molecule has 2 atom stereocenters. The fraction of sp³-hybridized carbons (Fsp3) is 0.350. The van der Waals surface area contributed by atoms with Crippen molar-refractivity contribution < 1.29 is 14.4 Å². The van der Waals surface area contributed by atoms with Crippen LogP contribution < -0.4 is 15.0 Å². The molecule has 1 amide bonds. The molecule has 0 saturated carbocycles. The SMILES string of the molecule is COc1ccccc1NC(=O)C[NH+](C)[C@@H]1CCCc2ccccc21. The van der Waals surface area contributed by atoms with Crippen LogP contribution in [0.15, 0.2) is 48.5 Å². The first-order valence-electron chi connectivity index (χ1n) is 8.52. The minimum absolute atomic E-state index is 0.0139. The van der Waals surface area contributed by atoms with Gasteiger partial charge in [-0.25, -0.2) is 0 Å². The van der Waals surface area contributed by atoms with Gasteiger partial charge in [0.15, 0.2) is 6.54 Å². The van der Waals surface area contributed by atoms with Crippen LogP contribution in [0.2, 0.25) is 0 Å². The zero-order valence-corrected chi connectivity index (χ0v) is 14.3. The average molecular weight is 325 g/mol. The van der Waals surface area contributed by atoms with Gasteiger partial charge in [0.05, 0.1) is 19.8 Å². The van der Waals surface area contributed by atoms with Crippen molar-refractivity contribution >= 4 is 11.6 Å². The van der Waals surface area contributed by atoms with E-state index in [1.807, 2.05) is 24.3 Å². The molecule has 0 heterocycles. The summed E-state index contributed by atoms with van der Waals surface area (Å²) in [6, 6.07) is 16.5. The number of rotatable bonds is 5. The van der Waals surface area contributed by atoms with Crippen molar-refractivity contribution in [3.63, 3.8) is 0 Å². The summed E-state index contributed by atoms with van der Waals surface area (Å²) in [5, 5.41) is 2.97. The summed E-state index contributed by atoms with van der Waals surface area (Å²) in [4.78, 5) is 13.7. The Kier molecular flexibility index (Phi) is 5.16. The van der Waals surface area contributed by atoms with Crippen LogP contribution in [-0.4, -0.2) is 26.6 Å². The third-order valence-electron chi connectivity index (χ3n) is 4.78. The Balaban J connectivity index is 1.67. The van der Waals surface area contributed by atoms with Gasteiger partial charge in [-0.05, 0) is 30.5 Å². The first-order valence-corrected chi connectivity index (χ1v) is 8.52. The first kappa shape index (κ1) is 16.5. The Labute approximate surface area is 143 Å². The standard InChI is InChI=1S/C20H24N2O2/c1-22(18-12-7-9-15-8-3-4-10-16(15)18)14-20(23)21-17-11-5-6-13-19(17)24-2/h3-6,8,10-11,13,18H,7,9,12,14H2,1-2H3,(H,21,23)/p+1/t18-/m1/s1. The molecule has 4 nitrogen and oxygen atoms in total. The largest absolute Gasteiger partial charge is 0.495 e. The van der Waals surface area contributed by atoms with Crippen LogP contribution in [0, 0.1) is 0 Å². The number of anilines is 1. The summed E-state index contributed by atoms with van der Waals surface area (Å²) in [7, 11) is 3.72. The summed E-state index contributed by atoms with van der Waals surface area (Å²) >= 11 is 0. The minimum atomic E-state index is 0.0139. The number of aryl methyl sites for hydroxylation is 1. The molecular formula is C20H25N2O2+. The summed E-state index contributed by atoms with van der Waals surface area (Å²) in [5.41, 5.74) is 3.55. The monoisotopic (exact) mass is 325 g/mol. The highest BCUT2D eigenvalue weighted by Crippen LogP contribution is 2.27. The Morgan fingerprint density at radius 1 is 1.21 bits per heavy atom. The lowest BCUT2D eigenvalue weighted by Crippen LogP contribution is -3.10. The van der Waals surface area contributed by atoms with Crippen molar-refractivity contribution in [1.82, 2.24) is 0 Å². The molecule has 126 valence electrons. The minimum Gasteiger partial charge on any atom is -0.495 e. The zero-order chi connectivity index (χ0) is 16.9. The molecule has 0 saturated heterocycles. The number of benzene rings is 2. The quantitative estimate of drug-likeness (QED) is 0.885. The lowest BCUT2D eigenvalue weighted by Gasteiger charge is -2.30. The van der Waals surface area contributed by atoms with Crippen LogP contribution in [0.1, 0.15) is 30.0 Å². The van der Waals surface area contributed by atoms with Crippen LogP contribution in [0.4, 0.5) is 5.69 Å². The van der Waals surface area contributed by atoms with Crippen LogP contribution in [-0.2, 0) is 11.2 Å². The van der Waals surface area contributed by atoms with Crippen LogP contribution >= 0.6 is 0 Å². The fourth-order valence-corrected chi connectivity index (χ4v) is 3.58. The summed E-state index contributed by atoms with van der Waals surface area (Å²) < 4.78 is 5.29. The van der Waals surface area contributed by atoms with Crippen molar-refractivity contribution in [3.05, 3.63) is 59.7 Å². The Hall–Kier alpha value is -2.33. The second-order valence-electron chi connectivity index (χ2n) is 6.42. The highest BCUT2D eigenvalue weighted by molar-refractivity contribution is 5.92. The summed E-state index contributed by atoms with van der Waals surface area (Å²) in [6.07, 6.45) is 3.46. The highest BCUT2D eigenvalue weighted by atomic mass is 16.5. The third-order valence-corrected chi connectivity index (χ3v) is 4.78. The second-order valence-corrected chi connectivity index (χ2v) is 6.42. The van der Waals surface area contributed by atoms with Gasteiger partial charge in [-0.15, -0.1) is 0 Å². The Morgan fingerprint density at radius 2 is 1.96 bits per heavy atom. The molecule has 0 aliphatic heterocycles. The van der Waals surface area contributed by atoms with Gasteiger partial charge in [-0.1, -0.05) is 36.4 Å². The van der Waals surface area contributed by atoms with Crippen molar-refractivity contribution in [2.24, 2.45) is 0 Å². The van der Waals surface area contributed by atoms with E-state index in [1.54, 1.807) is 7.11 Å². The molecule has 0 fully saturated rings. The number of hydrogen-bond donors (Lipinski definition) is 2. The third kappa shape index (κ3) is 3.60. The molecule has 2 aromatic carbocycles. The van der Waals surface area contributed by atoms with Crippen molar-refractivity contribution in [3.8, 4) is 5.75 Å². The number of hydrogen-bond acceptors (Lipinski definition) is 2. The number of amides is 1. The number of ether oxygens (including phenoxy) is 1. The molecule has 1 aliphatic carbocycles. The van der Waals surface area contributed by atoms with E-state index in [-0.39, 0.29) is 5.91 Å². The van der Waals surface area contributed by atoms with E-state index in [9.17, 15) is 4.79 Å². The predicted octanol–water partition coefficient (Wildman–Crippen LogP) is 2.23. The van der Waals surface area contributed by atoms with E-state index in [4.69, 9.17) is 4.74 Å². The number of fused-ring (bicyclic) bond motifs is 1. The van der Waals surface area contributed by atoms with Gasteiger partial charge in [0.1, 0.15) is 11.8 Å². The second kappa shape index (κ2) is 7.49. The first-order chi connectivity index (χ1) is 11.7. The molecular weight excluding hydrogens is 300 g/mol. The lowest BCUT2D eigenvalue weighted by atomic mass is 9.87. The number of para-hydroxylation sites is 2. The molecule has 1 aliphatic rings. The maximum atomic E-state index is 12.5. The molecule has 0 bridgehead atoms. The van der Waals surface area contributed by atoms with E-state index >= 15 is 0 Å². The maximum absolute atomic E-state index is 12.5. The van der Waals surface area contributed by atoms with Crippen LogP contribution in [0.25, 0.3) is 0 Å². The topological polar surface area (TPSA) is 42.8 Å². The van der Waals surface area contributed by atoms with E-state index < -0.39 is 0 Å². The van der Waals surface area contributed by atoms with E-state index in [2.05, 4.69) is 36.6 Å². The van der Waals surface area contributed by atoms with Crippen LogP contribution in [0.5, 0.6) is 5.75 Å². The predicted molar refractivity (Wildman–Crippen MR) is 95.5 cm³/mol. The summed E-state index contributed by atoms with van der Waals surface area (Å²) in [6.45, 7) is 0.442. The number of methoxy groups -OCH3 is 1. The van der Waals surface area contributed by atoms with Gasteiger partial charge >= 0.3 is 0 Å². The Morgan fingerprint density at radius 3 is 2.79 bits per heavy atom. The van der Waals surface area contributed by atoms with Gasteiger partial charge in [-0.3, -0.25) is 4.79 Å². The van der Waals surface area contributed by atoms with Crippen molar-refractivity contribution in [1.29, 1.82) is 0 Å². The van der Waals surface area contributed by atoms with Crippen molar-refractivity contribution in [2.45, 2.75) is 25.3 Å². The molecule has 2 aromatic rings. The number of carbonyl (C=O) groups is 1. The molecule has 1 unspecified atom stereocenters. The Bertz CT molecular complexity index is 714. The maximum Gasteiger partial charge on any atom is 0.279 e. The molecule has 4 heteroatoms. The number of carbonyl (C=O) groups excluding carboxylic acids is 1. The average Bonchev–Trinajstić information content (AvgIpc) is 2.61. The molecule has 3 rings (SSSR count). The van der Waals surface area contributed by atoms with E-state index in [0.717, 1.165) is 18.5 Å². The van der Waals surface area contributed by atoms with E-state index in [0.29, 0.717) is 18.3 Å². The lowest BCUT2D eigenvalue weighted by molar-refractivity contribution is -0.905. The van der Waals surface area contributed by atoms with Gasteiger partial charge in [0, 0.05) is 12.0 Å². The molecule has 24 heavy (non-hydrogen) atoms. The van der Waals surface area contributed by atoms with Crippen molar-refractivity contribution in [2.75, 3.05) is 26.0 Å². The number of quaternary nitrogens is 1. The summed E-state index contributed by atoms with van der Waals surface area (Å²) in [5.74, 6) is 0.701. The fourth-order valence-electron chi connectivity index (χ4n) is 3.58. The number of likely N-dealkylation sites (N-methyl/N-ethyl adjacent to an activating group) is 1. The van der Waals surface area contributed by atoms with E-state index in [1.165, 1.54) is 22.4 Å². The van der Waals surface area contributed by atoms with Crippen LogP contribution in [0.3, 0.4) is 0 Å². The zero-order valence-electron chi connectivity index (χ0n) is 14.3. The molecule has 2 N–H and O–H groups in total. The van der Waals surface area contributed by atoms with Gasteiger partial charge in [0.2, 0.25) is 0 Å². The molecule has 0 aromatic heterocycles. The van der Waals surface area contributed by atoms with Gasteiger partial charge in [0.25, 0.3) is 5.91 Å². The highest BCUT2D eigenvalue weighted by Gasteiger charge is 2.28. The molecule has 0 spiro atoms. The van der Waals surface area contributed by atoms with Gasteiger partial charge in [-0.2, -0.15) is 0 Å². The van der Waals surface area contributed by atoms with Gasteiger partial charge < -0.3 is 15.0 Å².